The number of benzene rings is 1. The van der Waals surface area contributed by atoms with E-state index in [0.717, 1.165) is 26.9 Å². The number of halogens is 2. The van der Waals surface area contributed by atoms with Crippen molar-refractivity contribution in [1.82, 2.24) is 14.8 Å². The highest BCUT2D eigenvalue weighted by atomic mass is 79.9. The number of rotatable bonds is 5. The van der Waals surface area contributed by atoms with Crippen LogP contribution in [0.5, 0.6) is 5.75 Å². The number of aryl methyl sites for hydroxylation is 1. The molecule has 1 aromatic carbocycles. The zero-order valence-electron chi connectivity index (χ0n) is 10.3. The molecular formula is C12H13Br2N3O2. The molecule has 1 aromatic heterocycles. The minimum atomic E-state index is -0.0123. The summed E-state index contributed by atoms with van der Waals surface area (Å²) in [6, 6.07) is 3.65. The standard InChI is InChI=1S/C12H13Br2N3O2/c1-2-17-11(15-7-16-17)6-19-12-9(13)3-8(5-18)4-10(12)14/h3-4,7,18H,2,5-6H2,1H3. The van der Waals surface area contributed by atoms with Crippen molar-refractivity contribution in [3.05, 3.63) is 38.8 Å². The topological polar surface area (TPSA) is 60.2 Å². The molecule has 0 spiro atoms. The van der Waals surface area contributed by atoms with Gasteiger partial charge in [-0.05, 0) is 56.5 Å². The van der Waals surface area contributed by atoms with Gasteiger partial charge in [0.15, 0.2) is 5.82 Å². The maximum Gasteiger partial charge on any atom is 0.164 e. The molecule has 0 saturated heterocycles. The first-order valence-corrected chi connectivity index (χ1v) is 7.32. The van der Waals surface area contributed by atoms with Crippen LogP contribution in [0.3, 0.4) is 0 Å². The molecule has 7 heteroatoms. The molecule has 19 heavy (non-hydrogen) atoms. The molecule has 0 saturated carbocycles. The van der Waals surface area contributed by atoms with Crippen molar-refractivity contribution in [3.63, 3.8) is 0 Å². The summed E-state index contributed by atoms with van der Waals surface area (Å²) in [6.45, 7) is 3.08. The van der Waals surface area contributed by atoms with Crippen LogP contribution in [0, 0.1) is 0 Å². The Morgan fingerprint density at radius 3 is 2.58 bits per heavy atom. The summed E-state index contributed by atoms with van der Waals surface area (Å²) in [5, 5.41) is 13.2. The fourth-order valence-electron chi connectivity index (χ4n) is 1.64. The smallest absolute Gasteiger partial charge is 0.164 e. The van der Waals surface area contributed by atoms with Gasteiger partial charge < -0.3 is 9.84 Å². The van der Waals surface area contributed by atoms with Crippen molar-refractivity contribution in [2.24, 2.45) is 0 Å². The highest BCUT2D eigenvalue weighted by Gasteiger charge is 2.11. The first-order valence-electron chi connectivity index (χ1n) is 5.74. The number of aliphatic hydroxyl groups excluding tert-OH is 1. The summed E-state index contributed by atoms with van der Waals surface area (Å²) in [7, 11) is 0. The Labute approximate surface area is 127 Å². The lowest BCUT2D eigenvalue weighted by Gasteiger charge is -2.11. The predicted molar refractivity (Wildman–Crippen MR) is 77.8 cm³/mol. The van der Waals surface area contributed by atoms with Gasteiger partial charge in [0.25, 0.3) is 0 Å². The third-order valence-corrected chi connectivity index (χ3v) is 3.76. The van der Waals surface area contributed by atoms with E-state index in [9.17, 15) is 0 Å². The second-order valence-electron chi connectivity index (χ2n) is 3.83. The van der Waals surface area contributed by atoms with E-state index < -0.39 is 0 Å². The van der Waals surface area contributed by atoms with E-state index in [4.69, 9.17) is 9.84 Å². The minimum absolute atomic E-state index is 0.0123. The first kappa shape index (κ1) is 14.5. The number of hydrogen-bond acceptors (Lipinski definition) is 4. The molecule has 5 nitrogen and oxygen atoms in total. The van der Waals surface area contributed by atoms with Crippen LogP contribution in [0.25, 0.3) is 0 Å². The van der Waals surface area contributed by atoms with Crippen molar-refractivity contribution >= 4 is 31.9 Å². The number of nitrogens with zero attached hydrogens (tertiary/aromatic N) is 3. The maximum absolute atomic E-state index is 9.12. The molecule has 0 atom stereocenters. The monoisotopic (exact) mass is 389 g/mol. The Morgan fingerprint density at radius 1 is 1.32 bits per heavy atom. The van der Waals surface area contributed by atoms with Gasteiger partial charge in [-0.3, -0.25) is 0 Å². The average molecular weight is 391 g/mol. The molecule has 1 heterocycles. The van der Waals surface area contributed by atoms with E-state index in [0.29, 0.717) is 12.4 Å². The Hall–Kier alpha value is -0.920. The summed E-state index contributed by atoms with van der Waals surface area (Å²) in [5.41, 5.74) is 0.808. The maximum atomic E-state index is 9.12. The van der Waals surface area contributed by atoms with Crippen LogP contribution < -0.4 is 4.74 Å². The normalized spacial score (nSPS) is 10.7. The lowest BCUT2D eigenvalue weighted by atomic mass is 10.2. The molecule has 0 amide bonds. The van der Waals surface area contributed by atoms with E-state index >= 15 is 0 Å². The highest BCUT2D eigenvalue weighted by Crippen LogP contribution is 2.35. The average Bonchev–Trinajstić information content (AvgIpc) is 2.85. The van der Waals surface area contributed by atoms with Crippen molar-refractivity contribution in [2.45, 2.75) is 26.7 Å². The number of ether oxygens (including phenoxy) is 1. The van der Waals surface area contributed by atoms with E-state index in [1.807, 2.05) is 19.1 Å². The lowest BCUT2D eigenvalue weighted by molar-refractivity contribution is 0.277. The molecule has 0 aliphatic rings. The molecular weight excluding hydrogens is 378 g/mol. The van der Waals surface area contributed by atoms with Crippen LogP contribution in [0.15, 0.2) is 27.4 Å². The molecule has 2 aromatic rings. The van der Waals surface area contributed by atoms with Gasteiger partial charge in [0.05, 0.1) is 15.6 Å². The van der Waals surface area contributed by atoms with Crippen LogP contribution in [0.2, 0.25) is 0 Å². The molecule has 0 aliphatic heterocycles. The van der Waals surface area contributed by atoms with Crippen LogP contribution >= 0.6 is 31.9 Å². The molecule has 102 valence electrons. The van der Waals surface area contributed by atoms with Gasteiger partial charge in [-0.2, -0.15) is 5.10 Å². The van der Waals surface area contributed by atoms with Gasteiger partial charge in [-0.15, -0.1) is 0 Å². The van der Waals surface area contributed by atoms with Gasteiger partial charge in [0.1, 0.15) is 18.7 Å². The molecule has 2 rings (SSSR count). The van der Waals surface area contributed by atoms with Crippen LogP contribution in [-0.4, -0.2) is 19.9 Å². The number of aromatic nitrogens is 3. The van der Waals surface area contributed by atoms with E-state index in [-0.39, 0.29) is 6.61 Å². The van der Waals surface area contributed by atoms with Crippen molar-refractivity contribution in [3.8, 4) is 5.75 Å². The molecule has 0 unspecified atom stereocenters. The summed E-state index contributed by atoms with van der Waals surface area (Å²) >= 11 is 6.86. The van der Waals surface area contributed by atoms with E-state index in [1.54, 1.807) is 4.68 Å². The SMILES string of the molecule is CCn1ncnc1COc1c(Br)cc(CO)cc1Br. The Morgan fingerprint density at radius 2 is 2.00 bits per heavy atom. The van der Waals surface area contributed by atoms with Crippen LogP contribution in [-0.2, 0) is 19.8 Å². The second-order valence-corrected chi connectivity index (χ2v) is 5.54. The summed E-state index contributed by atoms with van der Waals surface area (Å²) < 4.78 is 9.11. The third kappa shape index (κ3) is 3.34. The minimum Gasteiger partial charge on any atom is -0.483 e. The molecule has 0 bridgehead atoms. The zero-order valence-corrected chi connectivity index (χ0v) is 13.5. The van der Waals surface area contributed by atoms with Crippen LogP contribution in [0.1, 0.15) is 18.3 Å². The van der Waals surface area contributed by atoms with Gasteiger partial charge in [0.2, 0.25) is 0 Å². The largest absolute Gasteiger partial charge is 0.483 e. The van der Waals surface area contributed by atoms with Gasteiger partial charge in [0, 0.05) is 6.54 Å². The van der Waals surface area contributed by atoms with E-state index in [1.165, 1.54) is 6.33 Å². The first-order chi connectivity index (χ1) is 9.15. The summed E-state index contributed by atoms with van der Waals surface area (Å²) in [6.07, 6.45) is 1.52. The van der Waals surface area contributed by atoms with Crippen LogP contribution in [0.4, 0.5) is 0 Å². The third-order valence-electron chi connectivity index (χ3n) is 2.58. The number of aliphatic hydroxyl groups is 1. The Kier molecular flexibility index (Phi) is 4.95. The summed E-state index contributed by atoms with van der Waals surface area (Å²) in [4.78, 5) is 4.15. The van der Waals surface area contributed by atoms with Crippen molar-refractivity contribution in [1.29, 1.82) is 0 Å². The molecule has 0 fully saturated rings. The van der Waals surface area contributed by atoms with Gasteiger partial charge in [-0.1, -0.05) is 0 Å². The Balaban J connectivity index is 2.16. The zero-order chi connectivity index (χ0) is 13.8. The van der Waals surface area contributed by atoms with Gasteiger partial charge in [-0.25, -0.2) is 9.67 Å². The summed E-state index contributed by atoms with van der Waals surface area (Å²) in [5.74, 6) is 1.45. The second kappa shape index (κ2) is 6.49. The molecule has 0 aliphatic carbocycles. The molecule has 0 radical (unpaired) electrons. The number of hydrogen-bond donors (Lipinski definition) is 1. The lowest BCUT2D eigenvalue weighted by Crippen LogP contribution is -2.07. The fraction of sp³-hybridized carbons (Fsp3) is 0.333. The molecule has 1 N–H and O–H groups in total. The predicted octanol–water partition coefficient (Wildman–Crippen LogP) is 2.89. The van der Waals surface area contributed by atoms with Crippen molar-refractivity contribution in [2.75, 3.05) is 0 Å². The Bertz CT molecular complexity index is 549. The quantitative estimate of drug-likeness (QED) is 0.852. The van der Waals surface area contributed by atoms with Gasteiger partial charge >= 0.3 is 0 Å². The van der Waals surface area contributed by atoms with E-state index in [2.05, 4.69) is 41.9 Å². The fourth-order valence-corrected chi connectivity index (χ4v) is 3.15. The highest BCUT2D eigenvalue weighted by molar-refractivity contribution is 9.11. The van der Waals surface area contributed by atoms with Crippen molar-refractivity contribution < 1.29 is 9.84 Å².